The minimum Gasteiger partial charge on any atom is -0.272 e. The molecule has 0 aromatic carbocycles. The topological polar surface area (TPSA) is 106 Å². The number of aryl methyl sites for hydroxylation is 3. The van der Waals surface area contributed by atoms with E-state index in [1.165, 1.54) is 29.4 Å². The smallest absolute Gasteiger partial charge is 0.272 e. The van der Waals surface area contributed by atoms with Crippen LogP contribution in [0, 0.1) is 20.8 Å². The number of carbonyl (C=O) groups excluding carboxylic acids is 1. The molecular formula is C13H14N6O2S2. The molecule has 0 aliphatic rings. The molecule has 0 spiro atoms. The first-order valence-corrected chi connectivity index (χ1v) is 8.55. The Morgan fingerprint density at radius 2 is 2.22 bits per heavy atom. The van der Waals surface area contributed by atoms with Crippen molar-refractivity contribution in [3.8, 4) is 0 Å². The van der Waals surface area contributed by atoms with Crippen molar-refractivity contribution in [3.63, 3.8) is 0 Å². The molecular weight excluding hydrogens is 336 g/mol. The number of H-pyrrole nitrogens is 1. The highest BCUT2D eigenvalue weighted by molar-refractivity contribution is 7.99. The van der Waals surface area contributed by atoms with E-state index in [2.05, 4.69) is 25.6 Å². The second kappa shape index (κ2) is 6.13. The molecule has 10 heteroatoms. The van der Waals surface area contributed by atoms with E-state index < -0.39 is 0 Å². The Hall–Kier alpha value is -2.20. The van der Waals surface area contributed by atoms with Crippen molar-refractivity contribution in [1.82, 2.24) is 24.8 Å². The van der Waals surface area contributed by atoms with Crippen LogP contribution in [-0.4, -0.2) is 36.5 Å². The number of fused-ring (bicyclic) bond motifs is 1. The lowest BCUT2D eigenvalue weighted by Gasteiger charge is -2.06. The van der Waals surface area contributed by atoms with Gasteiger partial charge in [-0.3, -0.25) is 20.1 Å². The number of hydrogen-bond acceptors (Lipinski definition) is 7. The molecule has 3 aromatic rings. The molecule has 1 amide bonds. The average molecular weight is 350 g/mol. The first kappa shape index (κ1) is 15.7. The second-order valence-corrected chi connectivity index (χ2v) is 7.06. The number of thioether (sulfide) groups is 1. The number of rotatable bonds is 4. The number of amides is 1. The molecule has 3 heterocycles. The Morgan fingerprint density at radius 1 is 1.43 bits per heavy atom. The maximum absolute atomic E-state index is 12.5. The Balaban J connectivity index is 1.76. The molecule has 23 heavy (non-hydrogen) atoms. The molecule has 3 aromatic heterocycles. The standard InChI is InChI=1S/C13H14N6O2S2/c1-6-7(2)23-11-10(6)12(21)19(5-14-11)18-9(20)4-22-13-15-8(3)16-17-13/h5H,4H2,1-3H3,(H,18,20)(H,15,16,17). The third-order valence-corrected chi connectivity index (χ3v) is 5.21. The lowest BCUT2D eigenvalue weighted by atomic mass is 10.2. The molecule has 0 bridgehead atoms. The van der Waals surface area contributed by atoms with Gasteiger partial charge in [0.05, 0.1) is 11.1 Å². The molecule has 0 unspecified atom stereocenters. The monoisotopic (exact) mass is 350 g/mol. The van der Waals surface area contributed by atoms with E-state index in [9.17, 15) is 9.59 Å². The summed E-state index contributed by atoms with van der Waals surface area (Å²) in [5, 5.41) is 7.67. The van der Waals surface area contributed by atoms with Crippen molar-refractivity contribution < 1.29 is 4.79 Å². The summed E-state index contributed by atoms with van der Waals surface area (Å²) in [5.41, 5.74) is 3.16. The zero-order valence-electron chi connectivity index (χ0n) is 12.7. The molecule has 0 aliphatic heterocycles. The second-order valence-electron chi connectivity index (χ2n) is 4.91. The molecule has 3 rings (SSSR count). The minimum absolute atomic E-state index is 0.101. The van der Waals surface area contributed by atoms with Crippen LogP contribution in [0.15, 0.2) is 16.3 Å². The molecule has 2 N–H and O–H groups in total. The summed E-state index contributed by atoms with van der Waals surface area (Å²) in [6.45, 7) is 5.60. The van der Waals surface area contributed by atoms with Crippen molar-refractivity contribution in [1.29, 1.82) is 0 Å². The number of aromatic amines is 1. The quantitative estimate of drug-likeness (QED) is 0.688. The van der Waals surface area contributed by atoms with Gasteiger partial charge in [0.15, 0.2) is 0 Å². The first-order chi connectivity index (χ1) is 11.0. The number of thiophene rings is 1. The molecule has 0 saturated carbocycles. The fourth-order valence-electron chi connectivity index (χ4n) is 2.00. The summed E-state index contributed by atoms with van der Waals surface area (Å²) >= 11 is 2.66. The fourth-order valence-corrected chi connectivity index (χ4v) is 3.62. The average Bonchev–Trinajstić information content (AvgIpc) is 3.05. The fraction of sp³-hybridized carbons (Fsp3) is 0.308. The highest BCUT2D eigenvalue weighted by Crippen LogP contribution is 2.25. The summed E-state index contributed by atoms with van der Waals surface area (Å²) in [7, 11) is 0. The third kappa shape index (κ3) is 3.13. The SMILES string of the molecule is Cc1nc(SCC(=O)Nn2cnc3sc(C)c(C)c3c2=O)n[nH]1. The molecule has 8 nitrogen and oxygen atoms in total. The van der Waals surface area contributed by atoms with Gasteiger partial charge in [-0.05, 0) is 26.3 Å². The van der Waals surface area contributed by atoms with Crippen LogP contribution in [0.4, 0.5) is 0 Å². The predicted octanol–water partition coefficient (Wildman–Crippen LogP) is 1.36. The van der Waals surface area contributed by atoms with Crippen molar-refractivity contribution in [2.75, 3.05) is 11.2 Å². The summed E-state index contributed by atoms with van der Waals surface area (Å²) in [5.74, 6) is 0.455. The van der Waals surface area contributed by atoms with Crippen molar-refractivity contribution in [2.24, 2.45) is 0 Å². The zero-order chi connectivity index (χ0) is 16.6. The van der Waals surface area contributed by atoms with Crippen LogP contribution >= 0.6 is 23.1 Å². The van der Waals surface area contributed by atoms with E-state index in [-0.39, 0.29) is 17.2 Å². The maximum atomic E-state index is 12.5. The van der Waals surface area contributed by atoms with Gasteiger partial charge in [0.25, 0.3) is 5.56 Å². The summed E-state index contributed by atoms with van der Waals surface area (Å²) in [4.78, 5) is 34.5. The Morgan fingerprint density at radius 3 is 2.91 bits per heavy atom. The zero-order valence-corrected chi connectivity index (χ0v) is 14.3. The normalized spacial score (nSPS) is 11.1. The van der Waals surface area contributed by atoms with Crippen LogP contribution in [0.1, 0.15) is 16.3 Å². The lowest BCUT2D eigenvalue weighted by molar-refractivity contribution is -0.114. The number of carbonyl (C=O) groups is 1. The Labute approximate surface area is 139 Å². The van der Waals surface area contributed by atoms with Crippen LogP contribution in [0.2, 0.25) is 0 Å². The molecule has 0 atom stereocenters. The lowest BCUT2D eigenvalue weighted by Crippen LogP contribution is -2.34. The van der Waals surface area contributed by atoms with Gasteiger partial charge in [-0.2, -0.15) is 0 Å². The third-order valence-electron chi connectivity index (χ3n) is 3.24. The van der Waals surface area contributed by atoms with Crippen LogP contribution < -0.4 is 11.0 Å². The van der Waals surface area contributed by atoms with E-state index in [0.29, 0.717) is 21.2 Å². The van der Waals surface area contributed by atoms with Gasteiger partial charge < -0.3 is 0 Å². The highest BCUT2D eigenvalue weighted by atomic mass is 32.2. The highest BCUT2D eigenvalue weighted by Gasteiger charge is 2.13. The summed E-state index contributed by atoms with van der Waals surface area (Å²) in [6, 6.07) is 0. The van der Waals surface area contributed by atoms with E-state index in [1.54, 1.807) is 6.92 Å². The van der Waals surface area contributed by atoms with Crippen LogP contribution in [-0.2, 0) is 4.79 Å². The Kier molecular flexibility index (Phi) is 4.18. The van der Waals surface area contributed by atoms with Gasteiger partial charge in [0.2, 0.25) is 11.1 Å². The molecule has 0 saturated heterocycles. The van der Waals surface area contributed by atoms with Gasteiger partial charge in [-0.1, -0.05) is 11.8 Å². The summed E-state index contributed by atoms with van der Waals surface area (Å²) < 4.78 is 1.12. The first-order valence-electron chi connectivity index (χ1n) is 6.74. The number of nitrogens with zero attached hydrogens (tertiary/aromatic N) is 4. The Bertz CT molecular complexity index is 942. The van der Waals surface area contributed by atoms with Crippen molar-refractivity contribution >= 4 is 39.2 Å². The van der Waals surface area contributed by atoms with Crippen molar-refractivity contribution in [2.45, 2.75) is 25.9 Å². The number of aromatic nitrogens is 5. The van der Waals surface area contributed by atoms with Gasteiger partial charge in [0, 0.05) is 4.88 Å². The van der Waals surface area contributed by atoms with E-state index in [4.69, 9.17) is 0 Å². The van der Waals surface area contributed by atoms with Crippen molar-refractivity contribution in [3.05, 3.63) is 32.9 Å². The number of hydrogen-bond donors (Lipinski definition) is 2. The molecule has 0 radical (unpaired) electrons. The maximum Gasteiger partial charge on any atom is 0.281 e. The minimum atomic E-state index is -0.328. The van der Waals surface area contributed by atoms with Crippen LogP contribution in [0.25, 0.3) is 10.2 Å². The van der Waals surface area contributed by atoms with Gasteiger partial charge in [0.1, 0.15) is 17.0 Å². The van der Waals surface area contributed by atoms with Gasteiger partial charge in [-0.25, -0.2) is 14.6 Å². The van der Waals surface area contributed by atoms with Gasteiger partial charge in [-0.15, -0.1) is 16.4 Å². The van der Waals surface area contributed by atoms with E-state index in [0.717, 1.165) is 15.1 Å². The van der Waals surface area contributed by atoms with Crippen LogP contribution in [0.3, 0.4) is 0 Å². The summed E-state index contributed by atoms with van der Waals surface area (Å²) in [6.07, 6.45) is 1.33. The van der Waals surface area contributed by atoms with E-state index >= 15 is 0 Å². The van der Waals surface area contributed by atoms with Gasteiger partial charge >= 0.3 is 0 Å². The molecule has 0 fully saturated rings. The molecule has 0 aliphatic carbocycles. The van der Waals surface area contributed by atoms with Crippen LogP contribution in [0.5, 0.6) is 0 Å². The largest absolute Gasteiger partial charge is 0.281 e. The number of nitrogens with one attached hydrogen (secondary N) is 2. The van der Waals surface area contributed by atoms with E-state index in [1.807, 2.05) is 13.8 Å². The molecule has 120 valence electrons. The predicted molar refractivity (Wildman–Crippen MR) is 89.6 cm³/mol.